The molecular weight excluding hydrogens is 320 g/mol. The third-order valence-electron chi connectivity index (χ3n) is 3.11. The summed E-state index contributed by atoms with van der Waals surface area (Å²) in [6.45, 7) is 0. The minimum atomic E-state index is -3.30. The Balaban J connectivity index is 2.10. The quantitative estimate of drug-likeness (QED) is 0.666. The lowest BCUT2D eigenvalue weighted by atomic mass is 10.1. The second kappa shape index (κ2) is 6.57. The molecule has 2 aromatic rings. The molecule has 0 bridgehead atoms. The Hall–Kier alpha value is -2.74. The third-order valence-corrected chi connectivity index (χ3v) is 4.23. The molecule has 0 radical (unpaired) electrons. The third kappa shape index (κ3) is 4.36. The van der Waals surface area contributed by atoms with Crippen LogP contribution in [-0.4, -0.2) is 25.5 Å². The fraction of sp³-hybridized carbons (Fsp3) is 0.133. The summed E-state index contributed by atoms with van der Waals surface area (Å²) >= 11 is 0. The van der Waals surface area contributed by atoms with Crippen LogP contribution < -0.4 is 5.32 Å². The van der Waals surface area contributed by atoms with E-state index in [0.717, 1.165) is 6.26 Å². The molecule has 0 fully saturated rings. The Bertz CT molecular complexity index is 844. The summed E-state index contributed by atoms with van der Waals surface area (Å²) in [6, 6.07) is 11.7. The first kappa shape index (κ1) is 16.6. The van der Waals surface area contributed by atoms with Crippen molar-refractivity contribution in [2.75, 3.05) is 11.6 Å². The smallest absolute Gasteiger partial charge is 0.273 e. The van der Waals surface area contributed by atoms with E-state index in [2.05, 4.69) is 5.32 Å². The standard InChI is InChI=1S/C15H14N2O5S/c1-23(21,22)13-8-6-12(7-9-13)16-15(18)10-11-4-2-3-5-14(11)17(19)20/h2-9H,10H2,1H3,(H,16,18). The van der Waals surface area contributed by atoms with Gasteiger partial charge in [0.2, 0.25) is 5.91 Å². The minimum Gasteiger partial charge on any atom is -0.326 e. The molecule has 0 aromatic heterocycles. The number of nitrogens with one attached hydrogen (secondary N) is 1. The zero-order valence-electron chi connectivity index (χ0n) is 12.2. The van der Waals surface area contributed by atoms with Crippen molar-refractivity contribution in [2.45, 2.75) is 11.3 Å². The highest BCUT2D eigenvalue weighted by Crippen LogP contribution is 2.19. The van der Waals surface area contributed by atoms with Crippen LogP contribution in [0.5, 0.6) is 0 Å². The minimum absolute atomic E-state index is 0.116. The monoisotopic (exact) mass is 334 g/mol. The van der Waals surface area contributed by atoms with Gasteiger partial charge in [0.05, 0.1) is 16.2 Å². The highest BCUT2D eigenvalue weighted by molar-refractivity contribution is 7.90. The van der Waals surface area contributed by atoms with Crippen LogP contribution >= 0.6 is 0 Å². The number of hydrogen-bond acceptors (Lipinski definition) is 5. The molecule has 0 saturated heterocycles. The molecule has 0 atom stereocenters. The SMILES string of the molecule is CS(=O)(=O)c1ccc(NC(=O)Cc2ccccc2[N+](=O)[O-])cc1. The van der Waals surface area contributed by atoms with Crippen LogP contribution in [0, 0.1) is 10.1 Å². The van der Waals surface area contributed by atoms with Crippen molar-refractivity contribution in [2.24, 2.45) is 0 Å². The average Bonchev–Trinajstić information content (AvgIpc) is 2.47. The van der Waals surface area contributed by atoms with E-state index in [9.17, 15) is 23.3 Å². The molecule has 8 heteroatoms. The lowest BCUT2D eigenvalue weighted by Gasteiger charge is -2.06. The van der Waals surface area contributed by atoms with Crippen molar-refractivity contribution in [1.82, 2.24) is 0 Å². The second-order valence-electron chi connectivity index (χ2n) is 4.91. The number of rotatable bonds is 5. The second-order valence-corrected chi connectivity index (χ2v) is 6.92. The number of carbonyl (C=O) groups excluding carboxylic acids is 1. The highest BCUT2D eigenvalue weighted by Gasteiger charge is 2.15. The van der Waals surface area contributed by atoms with Crippen LogP contribution in [0.3, 0.4) is 0 Å². The van der Waals surface area contributed by atoms with Gasteiger partial charge in [-0.15, -0.1) is 0 Å². The van der Waals surface area contributed by atoms with E-state index in [1.807, 2.05) is 0 Å². The van der Waals surface area contributed by atoms with Crippen LogP contribution in [0.25, 0.3) is 0 Å². The maximum absolute atomic E-state index is 12.0. The first-order valence-corrected chi connectivity index (χ1v) is 8.49. The normalized spacial score (nSPS) is 11.0. The number of sulfone groups is 1. The van der Waals surface area contributed by atoms with Crippen LogP contribution in [0.15, 0.2) is 53.4 Å². The van der Waals surface area contributed by atoms with Crippen molar-refractivity contribution in [3.05, 3.63) is 64.2 Å². The summed E-state index contributed by atoms with van der Waals surface area (Å²) < 4.78 is 22.7. The van der Waals surface area contributed by atoms with Gasteiger partial charge in [-0.2, -0.15) is 0 Å². The van der Waals surface area contributed by atoms with Crippen LogP contribution in [0.1, 0.15) is 5.56 Å². The Labute approximate surface area is 133 Å². The summed E-state index contributed by atoms with van der Waals surface area (Å²) in [5.41, 5.74) is 0.610. The van der Waals surface area contributed by atoms with E-state index in [1.54, 1.807) is 6.07 Å². The van der Waals surface area contributed by atoms with Gasteiger partial charge in [-0.05, 0) is 24.3 Å². The van der Waals surface area contributed by atoms with Gasteiger partial charge in [0.15, 0.2) is 9.84 Å². The number of benzene rings is 2. The maximum Gasteiger partial charge on any atom is 0.273 e. The summed E-state index contributed by atoms with van der Waals surface area (Å²) in [4.78, 5) is 22.5. The van der Waals surface area contributed by atoms with Crippen molar-refractivity contribution in [1.29, 1.82) is 0 Å². The largest absolute Gasteiger partial charge is 0.326 e. The van der Waals surface area contributed by atoms with Gasteiger partial charge in [0.25, 0.3) is 5.69 Å². The molecule has 0 spiro atoms. The Kier molecular flexibility index (Phi) is 4.75. The fourth-order valence-corrected chi connectivity index (χ4v) is 2.63. The summed E-state index contributed by atoms with van der Waals surface area (Å²) in [6.07, 6.45) is 0.945. The van der Waals surface area contributed by atoms with E-state index < -0.39 is 20.7 Å². The number of para-hydroxylation sites is 1. The first-order chi connectivity index (χ1) is 10.8. The topological polar surface area (TPSA) is 106 Å². The van der Waals surface area contributed by atoms with Crippen LogP contribution in [-0.2, 0) is 21.1 Å². The molecule has 0 heterocycles. The molecule has 0 aliphatic rings. The predicted molar refractivity (Wildman–Crippen MR) is 85.0 cm³/mol. The number of anilines is 1. The van der Waals surface area contributed by atoms with E-state index in [0.29, 0.717) is 11.3 Å². The summed E-state index contributed by atoms with van der Waals surface area (Å²) in [5, 5.41) is 13.5. The molecule has 1 amide bonds. The van der Waals surface area contributed by atoms with Crippen molar-refractivity contribution >= 4 is 27.1 Å². The van der Waals surface area contributed by atoms with Gasteiger partial charge in [-0.1, -0.05) is 18.2 Å². The Morgan fingerprint density at radius 1 is 1.13 bits per heavy atom. The molecule has 0 unspecified atom stereocenters. The fourth-order valence-electron chi connectivity index (χ4n) is 2.00. The van der Waals surface area contributed by atoms with E-state index in [4.69, 9.17) is 0 Å². The van der Waals surface area contributed by atoms with E-state index in [1.165, 1.54) is 42.5 Å². The van der Waals surface area contributed by atoms with Crippen molar-refractivity contribution < 1.29 is 18.1 Å². The molecule has 1 N–H and O–H groups in total. The molecule has 2 rings (SSSR count). The lowest BCUT2D eigenvalue weighted by molar-refractivity contribution is -0.385. The number of nitro benzene ring substituents is 1. The zero-order chi connectivity index (χ0) is 17.0. The molecule has 0 aliphatic carbocycles. The number of carbonyl (C=O) groups is 1. The number of amides is 1. The number of nitrogens with zero attached hydrogens (tertiary/aromatic N) is 1. The van der Waals surface area contributed by atoms with E-state index in [-0.39, 0.29) is 17.0 Å². The predicted octanol–water partition coefficient (Wildman–Crippen LogP) is 2.18. The summed E-state index contributed by atoms with van der Waals surface area (Å²) in [7, 11) is -3.30. The average molecular weight is 334 g/mol. The molecule has 7 nitrogen and oxygen atoms in total. The Morgan fingerprint density at radius 3 is 2.30 bits per heavy atom. The molecule has 23 heavy (non-hydrogen) atoms. The van der Waals surface area contributed by atoms with Gasteiger partial charge in [0, 0.05) is 23.6 Å². The van der Waals surface area contributed by atoms with Crippen molar-refractivity contribution in [3.63, 3.8) is 0 Å². The highest BCUT2D eigenvalue weighted by atomic mass is 32.2. The number of nitro groups is 1. The lowest BCUT2D eigenvalue weighted by Crippen LogP contribution is -2.15. The maximum atomic E-state index is 12.0. The molecular formula is C15H14N2O5S. The molecule has 0 aliphatic heterocycles. The Morgan fingerprint density at radius 2 is 1.74 bits per heavy atom. The molecule has 0 saturated carbocycles. The number of hydrogen-bond donors (Lipinski definition) is 1. The van der Waals surface area contributed by atoms with Crippen molar-refractivity contribution in [3.8, 4) is 0 Å². The van der Waals surface area contributed by atoms with Gasteiger partial charge in [-0.25, -0.2) is 8.42 Å². The van der Waals surface area contributed by atoms with Crippen LogP contribution in [0.2, 0.25) is 0 Å². The summed E-state index contributed by atoms with van der Waals surface area (Å²) in [5.74, 6) is -0.425. The molecule has 2 aromatic carbocycles. The van der Waals surface area contributed by atoms with Gasteiger partial charge in [0.1, 0.15) is 0 Å². The van der Waals surface area contributed by atoms with E-state index >= 15 is 0 Å². The van der Waals surface area contributed by atoms with Crippen LogP contribution in [0.4, 0.5) is 11.4 Å². The molecule has 120 valence electrons. The first-order valence-electron chi connectivity index (χ1n) is 6.59. The van der Waals surface area contributed by atoms with Gasteiger partial charge >= 0.3 is 0 Å². The zero-order valence-corrected chi connectivity index (χ0v) is 13.0. The van der Waals surface area contributed by atoms with Gasteiger partial charge < -0.3 is 5.32 Å². The van der Waals surface area contributed by atoms with Gasteiger partial charge in [-0.3, -0.25) is 14.9 Å².